The third-order valence-electron chi connectivity index (χ3n) is 0.185. The van der Waals surface area contributed by atoms with Gasteiger partial charge in [-0.05, 0) is 12.2 Å². The van der Waals surface area contributed by atoms with Crippen LogP contribution in [-0.4, -0.2) is 13.8 Å². The van der Waals surface area contributed by atoms with Crippen LogP contribution in [0.2, 0.25) is 0 Å². The highest BCUT2D eigenvalue weighted by molar-refractivity contribution is 7.82. The Balaban J connectivity index is 3.32. The average Bonchev–Trinajstić information content (AvgIpc) is 1.27. The summed E-state index contributed by atoms with van der Waals surface area (Å²) in [4.78, 5) is 0. The first kappa shape index (κ1) is 7.00. The van der Waals surface area contributed by atoms with Crippen LogP contribution in [0, 0.1) is 0 Å². The maximum atomic E-state index is 9.50. The second-order valence-electron chi connectivity index (χ2n) is 0.779. The Kier molecular flexibility index (Phi) is 3.06. The minimum absolute atomic E-state index is 0.00772. The summed E-state index contributed by atoms with van der Waals surface area (Å²) in [5.41, 5.74) is 0. The fraction of sp³-hybridized carbons (Fsp3) is 0.500. The van der Waals surface area contributed by atoms with Gasteiger partial charge in [0.2, 0.25) is 0 Å². The van der Waals surface area contributed by atoms with Crippen LogP contribution in [0.25, 0.3) is 0 Å². The first-order valence-corrected chi connectivity index (χ1v) is 2.82. The Hall–Kier alpha value is -0.0000000000000000486. The van der Waals surface area contributed by atoms with Gasteiger partial charge in [0.1, 0.15) is 11.4 Å². The lowest BCUT2D eigenvalue weighted by molar-refractivity contribution is 0.440. The Labute approximate surface area is 49.2 Å². The predicted octanol–water partition coefficient (Wildman–Crippen LogP) is 0.144. The van der Waals surface area contributed by atoms with Crippen molar-refractivity contribution in [2.24, 2.45) is 0 Å². The molecule has 0 fully saturated rings. The largest absolute Gasteiger partial charge is 0.740 e. The molecule has 0 spiro atoms. The molecular formula is C2H3O3S2-. The molecule has 0 heterocycles. The van der Waals surface area contributed by atoms with Crippen LogP contribution in [0.5, 0.6) is 0 Å². The quantitative estimate of drug-likeness (QED) is 0.383. The van der Waals surface area contributed by atoms with E-state index in [1.165, 1.54) is 6.92 Å². The van der Waals surface area contributed by atoms with E-state index in [0.29, 0.717) is 0 Å². The maximum Gasteiger partial charge on any atom is 0.176 e. The molecule has 0 saturated heterocycles. The zero-order chi connectivity index (χ0) is 5.86. The summed E-state index contributed by atoms with van der Waals surface area (Å²) in [5.74, 6) is 0. The summed E-state index contributed by atoms with van der Waals surface area (Å²) >= 11 is 1.77. The molecule has 0 aliphatic carbocycles. The van der Waals surface area contributed by atoms with Crippen molar-refractivity contribution >= 4 is 28.6 Å². The van der Waals surface area contributed by atoms with Crippen LogP contribution in [-0.2, 0) is 15.5 Å². The van der Waals surface area contributed by atoms with Crippen molar-refractivity contribution in [1.29, 1.82) is 0 Å². The van der Waals surface area contributed by atoms with Crippen molar-refractivity contribution in [3.8, 4) is 0 Å². The van der Waals surface area contributed by atoms with Gasteiger partial charge >= 0.3 is 0 Å². The molecular weight excluding hydrogens is 136 g/mol. The summed E-state index contributed by atoms with van der Waals surface area (Å²) in [6.07, 6.45) is 0. The van der Waals surface area contributed by atoms with Gasteiger partial charge in [0.05, 0.1) is 0 Å². The summed E-state index contributed by atoms with van der Waals surface area (Å²) in [6.45, 7) is 1.38. The van der Waals surface area contributed by atoms with Crippen molar-refractivity contribution < 1.29 is 12.9 Å². The molecule has 0 aromatic heterocycles. The number of hydrogen-bond donors (Lipinski definition) is 0. The van der Waals surface area contributed by atoms with E-state index < -0.39 is 11.4 Å². The van der Waals surface area contributed by atoms with Gasteiger partial charge in [-0.3, -0.25) is 0 Å². The van der Waals surface area contributed by atoms with Crippen LogP contribution in [0.1, 0.15) is 6.92 Å². The molecule has 1 unspecified atom stereocenters. The summed E-state index contributed by atoms with van der Waals surface area (Å²) < 4.78 is 22.9. The molecule has 0 saturated carbocycles. The molecule has 3 nitrogen and oxygen atoms in total. The van der Waals surface area contributed by atoms with Gasteiger partial charge in [-0.15, -0.1) is 0 Å². The van der Waals surface area contributed by atoms with Crippen LogP contribution in [0.3, 0.4) is 0 Å². The predicted molar refractivity (Wildman–Crippen MR) is 28.3 cm³/mol. The van der Waals surface area contributed by atoms with E-state index in [2.05, 4.69) is 16.4 Å². The van der Waals surface area contributed by atoms with Crippen molar-refractivity contribution in [2.45, 2.75) is 6.92 Å². The number of hydrogen-bond acceptors (Lipinski definition) is 4. The van der Waals surface area contributed by atoms with Gasteiger partial charge in [0.25, 0.3) is 0 Å². The molecule has 0 amide bonds. The van der Waals surface area contributed by atoms with E-state index in [1.54, 1.807) is 0 Å². The summed E-state index contributed by atoms with van der Waals surface area (Å²) in [6, 6.07) is 0. The number of thiocarbonyl (C=S) groups is 1. The van der Waals surface area contributed by atoms with Gasteiger partial charge in [-0.25, -0.2) is 4.21 Å². The van der Waals surface area contributed by atoms with E-state index in [9.17, 15) is 8.76 Å². The van der Waals surface area contributed by atoms with E-state index >= 15 is 0 Å². The highest BCUT2D eigenvalue weighted by atomic mass is 32.2. The standard InChI is InChI=1S/C2H4O3S2/c1-2(6)5-7(3)4/h1H3,(H,3,4)/p-1. The lowest BCUT2D eigenvalue weighted by Crippen LogP contribution is -1.98. The minimum Gasteiger partial charge on any atom is -0.740 e. The van der Waals surface area contributed by atoms with E-state index in [1.807, 2.05) is 0 Å². The second-order valence-corrected chi connectivity index (χ2v) is 1.93. The Morgan fingerprint density at radius 3 is 2.43 bits per heavy atom. The minimum atomic E-state index is -2.49. The molecule has 0 bridgehead atoms. The van der Waals surface area contributed by atoms with Crippen LogP contribution < -0.4 is 0 Å². The van der Waals surface area contributed by atoms with Crippen molar-refractivity contribution in [3.05, 3.63) is 0 Å². The molecule has 42 valence electrons. The Bertz CT molecular complexity index is 87.1. The van der Waals surface area contributed by atoms with Crippen molar-refractivity contribution in [3.63, 3.8) is 0 Å². The fourth-order valence-electron chi connectivity index (χ4n) is 0.0958. The number of rotatable bonds is 1. The molecule has 0 aromatic carbocycles. The van der Waals surface area contributed by atoms with E-state index in [-0.39, 0.29) is 5.05 Å². The Morgan fingerprint density at radius 1 is 2.00 bits per heavy atom. The van der Waals surface area contributed by atoms with Gasteiger partial charge in [0.15, 0.2) is 5.05 Å². The third kappa shape index (κ3) is 6.00. The highest BCUT2D eigenvalue weighted by Crippen LogP contribution is 1.80. The highest BCUT2D eigenvalue weighted by Gasteiger charge is 1.81. The molecule has 0 N–H and O–H groups in total. The SMILES string of the molecule is CC(=S)OS(=O)[O-]. The molecule has 0 aliphatic rings. The molecule has 7 heavy (non-hydrogen) atoms. The van der Waals surface area contributed by atoms with Gasteiger partial charge in [0, 0.05) is 6.92 Å². The van der Waals surface area contributed by atoms with Crippen LogP contribution in [0.15, 0.2) is 0 Å². The zero-order valence-corrected chi connectivity index (χ0v) is 5.17. The first-order chi connectivity index (χ1) is 3.13. The topological polar surface area (TPSA) is 49.4 Å². The maximum absolute atomic E-state index is 9.50. The molecule has 0 aliphatic heterocycles. The summed E-state index contributed by atoms with van der Waals surface area (Å²) in [7, 11) is 0. The molecule has 0 radical (unpaired) electrons. The molecule has 0 rings (SSSR count). The molecule has 0 aromatic rings. The lowest BCUT2D eigenvalue weighted by Gasteiger charge is -2.01. The summed E-state index contributed by atoms with van der Waals surface area (Å²) in [5, 5.41) is 0.00772. The van der Waals surface area contributed by atoms with E-state index in [0.717, 1.165) is 0 Å². The first-order valence-electron chi connectivity index (χ1n) is 1.41. The molecule has 5 heteroatoms. The monoisotopic (exact) mass is 139 g/mol. The second kappa shape index (κ2) is 3.06. The molecule has 1 atom stereocenters. The van der Waals surface area contributed by atoms with Gasteiger partial charge < -0.3 is 8.74 Å². The van der Waals surface area contributed by atoms with Gasteiger partial charge in [-0.1, -0.05) is 0 Å². The zero-order valence-electron chi connectivity index (χ0n) is 3.54. The Morgan fingerprint density at radius 2 is 2.43 bits per heavy atom. The average molecular weight is 139 g/mol. The third-order valence-corrected chi connectivity index (χ3v) is 0.760. The lowest BCUT2D eigenvalue weighted by atomic mass is 10.9. The van der Waals surface area contributed by atoms with Crippen molar-refractivity contribution in [2.75, 3.05) is 0 Å². The van der Waals surface area contributed by atoms with Crippen LogP contribution in [0.4, 0.5) is 0 Å². The van der Waals surface area contributed by atoms with Gasteiger partial charge in [-0.2, -0.15) is 0 Å². The smallest absolute Gasteiger partial charge is 0.176 e. The van der Waals surface area contributed by atoms with Crippen LogP contribution >= 0.6 is 12.2 Å². The fourth-order valence-corrected chi connectivity index (χ4v) is 0.454. The van der Waals surface area contributed by atoms with E-state index in [4.69, 9.17) is 0 Å². The van der Waals surface area contributed by atoms with Crippen molar-refractivity contribution in [1.82, 2.24) is 0 Å². The normalized spacial score (nSPS) is 12.9.